The summed E-state index contributed by atoms with van der Waals surface area (Å²) in [4.78, 5) is 2.18. The van der Waals surface area contributed by atoms with Crippen molar-refractivity contribution in [3.63, 3.8) is 0 Å². The van der Waals surface area contributed by atoms with Gasteiger partial charge in [0, 0.05) is 19.0 Å². The lowest BCUT2D eigenvalue weighted by atomic mass is 9.82. The lowest BCUT2D eigenvalue weighted by Crippen LogP contribution is -2.34. The Morgan fingerprint density at radius 2 is 2.19 bits per heavy atom. The number of rotatable bonds is 3. The molecule has 1 aromatic carbocycles. The van der Waals surface area contributed by atoms with E-state index < -0.39 is 5.60 Å². The summed E-state index contributed by atoms with van der Waals surface area (Å²) in [6.07, 6.45) is 2.76. The summed E-state index contributed by atoms with van der Waals surface area (Å²) in [5.41, 5.74) is 0.302. The van der Waals surface area contributed by atoms with Crippen molar-refractivity contribution >= 4 is 0 Å². The normalized spacial score (nSPS) is 30.5. The first kappa shape index (κ1) is 11.4. The molecule has 16 heavy (non-hydrogen) atoms. The lowest BCUT2D eigenvalue weighted by Gasteiger charge is -2.29. The van der Waals surface area contributed by atoms with Gasteiger partial charge in [0.05, 0.1) is 0 Å². The summed E-state index contributed by atoms with van der Waals surface area (Å²) in [7, 11) is 2.05. The highest BCUT2D eigenvalue weighted by Crippen LogP contribution is 2.38. The van der Waals surface area contributed by atoms with E-state index in [1.165, 1.54) is 0 Å². The lowest BCUT2D eigenvalue weighted by molar-refractivity contribution is 0.00935. The summed E-state index contributed by atoms with van der Waals surface area (Å²) in [5, 5.41) is 10.8. The third-order valence-corrected chi connectivity index (χ3v) is 3.44. The summed E-state index contributed by atoms with van der Waals surface area (Å²) >= 11 is 0. The molecule has 1 heterocycles. The van der Waals surface area contributed by atoms with E-state index in [-0.39, 0.29) is 5.92 Å². The van der Waals surface area contributed by atoms with E-state index in [2.05, 4.69) is 18.5 Å². The highest BCUT2D eigenvalue weighted by atomic mass is 16.3. The van der Waals surface area contributed by atoms with Gasteiger partial charge in [-0.25, -0.2) is 0 Å². The standard InChI is InChI=1S/C14H19NO/c1-3-7-13-10-15(2)11-14(13,16)12-8-5-4-6-9-12/h3-6,8-9,13,16H,1,7,10-11H2,2H3/t13-,14-/m0/s1. The number of hydrogen-bond acceptors (Lipinski definition) is 2. The second kappa shape index (κ2) is 4.40. The molecule has 0 saturated carbocycles. The van der Waals surface area contributed by atoms with Gasteiger partial charge in [0.25, 0.3) is 0 Å². The van der Waals surface area contributed by atoms with Crippen LogP contribution < -0.4 is 0 Å². The first-order chi connectivity index (χ1) is 7.66. The molecule has 86 valence electrons. The molecule has 1 aromatic rings. The molecular weight excluding hydrogens is 198 g/mol. The predicted octanol–water partition coefficient (Wildman–Crippen LogP) is 2.01. The zero-order chi connectivity index (χ0) is 11.6. The second-order valence-electron chi connectivity index (χ2n) is 4.71. The third kappa shape index (κ3) is 1.91. The molecule has 2 heteroatoms. The fourth-order valence-electron chi connectivity index (χ4n) is 2.66. The highest BCUT2D eigenvalue weighted by molar-refractivity contribution is 5.25. The average Bonchev–Trinajstić information content (AvgIpc) is 2.57. The molecule has 1 N–H and O–H groups in total. The van der Waals surface area contributed by atoms with Crippen LogP contribution in [-0.4, -0.2) is 30.1 Å². The van der Waals surface area contributed by atoms with E-state index in [4.69, 9.17) is 0 Å². The molecule has 2 rings (SSSR count). The molecule has 0 unspecified atom stereocenters. The maximum atomic E-state index is 10.8. The van der Waals surface area contributed by atoms with Gasteiger partial charge in [-0.15, -0.1) is 6.58 Å². The van der Waals surface area contributed by atoms with Gasteiger partial charge in [0.2, 0.25) is 0 Å². The van der Waals surface area contributed by atoms with Crippen molar-refractivity contribution in [1.82, 2.24) is 4.90 Å². The van der Waals surface area contributed by atoms with Crippen molar-refractivity contribution in [2.24, 2.45) is 5.92 Å². The molecule has 0 aromatic heterocycles. The van der Waals surface area contributed by atoms with Crippen LogP contribution in [0.3, 0.4) is 0 Å². The van der Waals surface area contributed by atoms with Gasteiger partial charge in [-0.2, -0.15) is 0 Å². The first-order valence-electron chi connectivity index (χ1n) is 5.74. The Kier molecular flexibility index (Phi) is 3.13. The number of allylic oxidation sites excluding steroid dienone is 1. The van der Waals surface area contributed by atoms with E-state index >= 15 is 0 Å². The number of aliphatic hydroxyl groups is 1. The number of nitrogens with zero attached hydrogens (tertiary/aromatic N) is 1. The van der Waals surface area contributed by atoms with Crippen LogP contribution in [0.25, 0.3) is 0 Å². The molecular formula is C14H19NO. The van der Waals surface area contributed by atoms with Crippen molar-refractivity contribution in [3.8, 4) is 0 Å². The largest absolute Gasteiger partial charge is 0.383 e. The molecule has 1 aliphatic rings. The second-order valence-corrected chi connectivity index (χ2v) is 4.71. The molecule has 0 amide bonds. The Morgan fingerprint density at radius 1 is 1.50 bits per heavy atom. The zero-order valence-electron chi connectivity index (χ0n) is 9.76. The number of benzene rings is 1. The molecule has 0 aliphatic carbocycles. The molecule has 1 aliphatic heterocycles. The molecule has 2 nitrogen and oxygen atoms in total. The van der Waals surface area contributed by atoms with Gasteiger partial charge < -0.3 is 10.0 Å². The molecule has 1 fully saturated rings. The summed E-state index contributed by atoms with van der Waals surface area (Å²) in [5.74, 6) is 0.248. The van der Waals surface area contributed by atoms with Crippen LogP contribution in [-0.2, 0) is 5.60 Å². The van der Waals surface area contributed by atoms with Crippen LogP contribution in [0.4, 0.5) is 0 Å². The van der Waals surface area contributed by atoms with Crippen LogP contribution in [0, 0.1) is 5.92 Å². The third-order valence-electron chi connectivity index (χ3n) is 3.44. The Labute approximate surface area is 97.2 Å². The summed E-state index contributed by atoms with van der Waals surface area (Å²) < 4.78 is 0. The van der Waals surface area contributed by atoms with Gasteiger partial charge in [-0.1, -0.05) is 36.4 Å². The quantitative estimate of drug-likeness (QED) is 0.783. The number of likely N-dealkylation sites (N-methyl/N-ethyl adjacent to an activating group) is 1. The number of likely N-dealkylation sites (tertiary alicyclic amines) is 1. The predicted molar refractivity (Wildman–Crippen MR) is 66.1 cm³/mol. The van der Waals surface area contributed by atoms with Crippen LogP contribution in [0.15, 0.2) is 43.0 Å². The van der Waals surface area contributed by atoms with Crippen molar-refractivity contribution in [1.29, 1.82) is 0 Å². The Bertz CT molecular complexity index is 362. The molecule has 2 atom stereocenters. The maximum Gasteiger partial charge on any atom is 0.107 e. The van der Waals surface area contributed by atoms with Gasteiger partial charge in [0.1, 0.15) is 5.60 Å². The summed E-state index contributed by atoms with van der Waals surface area (Å²) in [6, 6.07) is 9.96. The molecule has 0 radical (unpaired) electrons. The molecule has 0 spiro atoms. The molecule has 0 bridgehead atoms. The van der Waals surface area contributed by atoms with Gasteiger partial charge in [-0.3, -0.25) is 0 Å². The molecule has 1 saturated heterocycles. The van der Waals surface area contributed by atoms with E-state index in [1.807, 2.05) is 36.4 Å². The van der Waals surface area contributed by atoms with Crippen LogP contribution in [0.2, 0.25) is 0 Å². The SMILES string of the molecule is C=CC[C@H]1CN(C)C[C@]1(O)c1ccccc1. The number of β-amino-alcohol motifs (C(OH)–C–C–N with tert-alkyl or cyclic N) is 1. The smallest absolute Gasteiger partial charge is 0.107 e. The minimum absolute atomic E-state index is 0.248. The van der Waals surface area contributed by atoms with Crippen molar-refractivity contribution < 1.29 is 5.11 Å². The van der Waals surface area contributed by atoms with Crippen molar-refractivity contribution in [2.75, 3.05) is 20.1 Å². The monoisotopic (exact) mass is 217 g/mol. The topological polar surface area (TPSA) is 23.5 Å². The fraction of sp³-hybridized carbons (Fsp3) is 0.429. The van der Waals surface area contributed by atoms with Crippen molar-refractivity contribution in [3.05, 3.63) is 48.6 Å². The Morgan fingerprint density at radius 3 is 2.81 bits per heavy atom. The number of hydrogen-bond donors (Lipinski definition) is 1. The van der Waals surface area contributed by atoms with Crippen LogP contribution in [0.1, 0.15) is 12.0 Å². The summed E-state index contributed by atoms with van der Waals surface area (Å²) in [6.45, 7) is 5.41. The van der Waals surface area contributed by atoms with Gasteiger partial charge in [0.15, 0.2) is 0 Å². The Hall–Kier alpha value is -1.12. The van der Waals surface area contributed by atoms with Crippen molar-refractivity contribution in [2.45, 2.75) is 12.0 Å². The van der Waals surface area contributed by atoms with E-state index in [9.17, 15) is 5.11 Å². The van der Waals surface area contributed by atoms with E-state index in [0.717, 1.165) is 18.5 Å². The van der Waals surface area contributed by atoms with Crippen LogP contribution in [0.5, 0.6) is 0 Å². The van der Waals surface area contributed by atoms with E-state index in [0.29, 0.717) is 6.54 Å². The fourth-order valence-corrected chi connectivity index (χ4v) is 2.66. The average molecular weight is 217 g/mol. The first-order valence-corrected chi connectivity index (χ1v) is 5.74. The minimum Gasteiger partial charge on any atom is -0.383 e. The zero-order valence-corrected chi connectivity index (χ0v) is 9.76. The van der Waals surface area contributed by atoms with Crippen LogP contribution >= 0.6 is 0 Å². The highest BCUT2D eigenvalue weighted by Gasteiger charge is 2.44. The van der Waals surface area contributed by atoms with Gasteiger partial charge >= 0.3 is 0 Å². The van der Waals surface area contributed by atoms with Gasteiger partial charge in [-0.05, 0) is 19.0 Å². The minimum atomic E-state index is -0.718. The maximum absolute atomic E-state index is 10.8. The van der Waals surface area contributed by atoms with E-state index in [1.54, 1.807) is 0 Å². The Balaban J connectivity index is 2.31.